The highest BCUT2D eigenvalue weighted by Crippen LogP contribution is 2.28. The van der Waals surface area contributed by atoms with Crippen molar-refractivity contribution in [1.82, 2.24) is 9.88 Å². The molecule has 0 atom stereocenters. The summed E-state index contributed by atoms with van der Waals surface area (Å²) in [4.78, 5) is 39.2. The number of barbiturate groups is 1. The fourth-order valence-electron chi connectivity index (χ4n) is 3.97. The topological polar surface area (TPSA) is 71.4 Å². The van der Waals surface area contributed by atoms with Gasteiger partial charge in [-0.1, -0.05) is 59.6 Å². The van der Waals surface area contributed by atoms with Gasteiger partial charge < -0.3 is 4.57 Å². The van der Waals surface area contributed by atoms with Crippen LogP contribution in [-0.4, -0.2) is 22.4 Å². The van der Waals surface area contributed by atoms with Crippen LogP contribution >= 0.6 is 23.2 Å². The van der Waals surface area contributed by atoms with Gasteiger partial charge in [-0.3, -0.25) is 14.9 Å². The van der Waals surface area contributed by atoms with Crippen molar-refractivity contribution in [2.45, 2.75) is 6.54 Å². The van der Waals surface area contributed by atoms with Crippen LogP contribution in [0.5, 0.6) is 0 Å². The first kappa shape index (κ1) is 21.9. The van der Waals surface area contributed by atoms with E-state index in [0.29, 0.717) is 27.8 Å². The Morgan fingerprint density at radius 1 is 0.853 bits per heavy atom. The van der Waals surface area contributed by atoms with E-state index in [0.717, 1.165) is 21.4 Å². The molecule has 5 rings (SSSR count). The average Bonchev–Trinajstić information content (AvgIpc) is 3.16. The van der Waals surface area contributed by atoms with Gasteiger partial charge in [0, 0.05) is 39.3 Å². The summed E-state index contributed by atoms with van der Waals surface area (Å²) < 4.78 is 2.01. The Kier molecular flexibility index (Phi) is 5.69. The predicted molar refractivity (Wildman–Crippen MR) is 133 cm³/mol. The van der Waals surface area contributed by atoms with Crippen molar-refractivity contribution >= 4 is 63.7 Å². The number of imide groups is 2. The van der Waals surface area contributed by atoms with Crippen LogP contribution in [0.25, 0.3) is 17.0 Å². The number of para-hydroxylation sites is 1. The number of rotatable bonds is 4. The molecule has 1 N–H and O–H groups in total. The number of aromatic nitrogens is 1. The number of fused-ring (bicyclic) bond motifs is 1. The number of nitrogens with zero attached hydrogens (tertiary/aromatic N) is 2. The van der Waals surface area contributed by atoms with Gasteiger partial charge in [-0.2, -0.15) is 0 Å². The number of nitrogens with one attached hydrogen (secondary N) is 1. The van der Waals surface area contributed by atoms with E-state index >= 15 is 0 Å². The maximum Gasteiger partial charge on any atom is 0.335 e. The summed E-state index contributed by atoms with van der Waals surface area (Å²) in [5, 5.41) is 4.22. The minimum absolute atomic E-state index is 0.143. The first-order valence-electron chi connectivity index (χ1n) is 10.4. The third-order valence-corrected chi connectivity index (χ3v) is 6.22. The highest BCUT2D eigenvalue weighted by atomic mass is 35.5. The molecule has 0 saturated carbocycles. The number of carbonyl (C=O) groups excluding carboxylic acids is 3. The molecule has 1 fully saturated rings. The van der Waals surface area contributed by atoms with Crippen LogP contribution in [0, 0.1) is 0 Å². The number of carbonyl (C=O) groups is 3. The van der Waals surface area contributed by atoms with Crippen molar-refractivity contribution in [3.63, 3.8) is 0 Å². The van der Waals surface area contributed by atoms with E-state index in [-0.39, 0.29) is 5.57 Å². The van der Waals surface area contributed by atoms with Gasteiger partial charge in [0.1, 0.15) is 5.57 Å². The van der Waals surface area contributed by atoms with Crippen LogP contribution in [0.15, 0.2) is 84.6 Å². The number of hydrogen-bond donors (Lipinski definition) is 1. The van der Waals surface area contributed by atoms with Gasteiger partial charge in [-0.25, -0.2) is 9.69 Å². The molecule has 4 aromatic rings. The van der Waals surface area contributed by atoms with E-state index in [1.165, 1.54) is 6.08 Å². The SMILES string of the molecule is O=C1NC(=O)N(c2ccc(Cl)cc2)C(=O)C1=Cc1cn(Cc2ccccc2Cl)c2ccccc12. The summed E-state index contributed by atoms with van der Waals surface area (Å²) in [7, 11) is 0. The number of halogens is 2. The number of benzene rings is 3. The van der Waals surface area contributed by atoms with Gasteiger partial charge in [-0.05, 0) is 48.0 Å². The first-order valence-corrected chi connectivity index (χ1v) is 11.2. The van der Waals surface area contributed by atoms with Crippen LogP contribution < -0.4 is 10.2 Å². The third kappa shape index (κ3) is 3.98. The molecule has 0 radical (unpaired) electrons. The second-order valence-electron chi connectivity index (χ2n) is 7.76. The quantitative estimate of drug-likeness (QED) is 0.296. The molecule has 0 bridgehead atoms. The molecule has 1 aliphatic rings. The number of anilines is 1. The fourth-order valence-corrected chi connectivity index (χ4v) is 4.29. The molecule has 6 nitrogen and oxygen atoms in total. The normalized spacial score (nSPS) is 15.3. The van der Waals surface area contributed by atoms with Crippen LogP contribution in [0.1, 0.15) is 11.1 Å². The standard InChI is InChI=1S/C26H17Cl2N3O3/c27-18-9-11-19(12-10-18)31-25(33)21(24(32)29-26(31)34)13-17-15-30(23-8-4-2-6-20(17)23)14-16-5-1-3-7-22(16)28/h1-13,15H,14H2,(H,29,32,34). The number of amides is 4. The molecule has 0 aliphatic carbocycles. The smallest absolute Gasteiger partial charge is 0.335 e. The molecule has 34 heavy (non-hydrogen) atoms. The van der Waals surface area contributed by atoms with Crippen molar-refractivity contribution in [1.29, 1.82) is 0 Å². The Hall–Kier alpha value is -3.87. The van der Waals surface area contributed by atoms with E-state index in [9.17, 15) is 14.4 Å². The van der Waals surface area contributed by atoms with E-state index in [4.69, 9.17) is 23.2 Å². The van der Waals surface area contributed by atoms with Crippen molar-refractivity contribution < 1.29 is 14.4 Å². The third-order valence-electron chi connectivity index (χ3n) is 5.60. The van der Waals surface area contributed by atoms with E-state index in [2.05, 4.69) is 5.32 Å². The molecule has 2 heterocycles. The molecule has 1 aromatic heterocycles. The molecular weight excluding hydrogens is 473 g/mol. The molecule has 1 aliphatic heterocycles. The highest BCUT2D eigenvalue weighted by molar-refractivity contribution is 6.39. The maximum atomic E-state index is 13.2. The van der Waals surface area contributed by atoms with Gasteiger partial charge in [-0.15, -0.1) is 0 Å². The van der Waals surface area contributed by atoms with Crippen LogP contribution in [0.3, 0.4) is 0 Å². The van der Waals surface area contributed by atoms with Gasteiger partial charge in [0.25, 0.3) is 11.8 Å². The fraction of sp³-hybridized carbons (Fsp3) is 0.0385. The summed E-state index contributed by atoms with van der Waals surface area (Å²) in [6, 6.07) is 20.7. The molecule has 168 valence electrons. The lowest BCUT2D eigenvalue weighted by Crippen LogP contribution is -2.54. The Bertz CT molecular complexity index is 1490. The zero-order valence-corrected chi connectivity index (χ0v) is 19.2. The predicted octanol–water partition coefficient (Wildman–Crippen LogP) is 5.66. The minimum Gasteiger partial charge on any atom is -0.342 e. The first-order chi connectivity index (χ1) is 16.4. The van der Waals surface area contributed by atoms with Gasteiger partial charge in [0.2, 0.25) is 0 Å². The summed E-state index contributed by atoms with van der Waals surface area (Å²) in [5.41, 5.74) is 2.70. The van der Waals surface area contributed by atoms with Gasteiger partial charge in [0.05, 0.1) is 5.69 Å². The minimum atomic E-state index is -0.810. The molecule has 3 aromatic carbocycles. The van der Waals surface area contributed by atoms with Crippen molar-refractivity contribution in [3.8, 4) is 0 Å². The summed E-state index contributed by atoms with van der Waals surface area (Å²) in [6.45, 7) is 0.513. The van der Waals surface area contributed by atoms with Crippen LogP contribution in [-0.2, 0) is 16.1 Å². The van der Waals surface area contributed by atoms with E-state index in [1.807, 2.05) is 59.3 Å². The molecule has 4 amide bonds. The lowest BCUT2D eigenvalue weighted by molar-refractivity contribution is -0.122. The van der Waals surface area contributed by atoms with Gasteiger partial charge >= 0.3 is 6.03 Å². The number of hydrogen-bond acceptors (Lipinski definition) is 3. The van der Waals surface area contributed by atoms with Crippen LogP contribution in [0.4, 0.5) is 10.5 Å². The zero-order valence-electron chi connectivity index (χ0n) is 17.7. The van der Waals surface area contributed by atoms with Crippen LogP contribution in [0.2, 0.25) is 10.0 Å². The molecule has 0 spiro atoms. The maximum absolute atomic E-state index is 13.2. The Morgan fingerprint density at radius 3 is 2.32 bits per heavy atom. The molecular formula is C26H17Cl2N3O3. The zero-order chi connectivity index (χ0) is 23.8. The summed E-state index contributed by atoms with van der Waals surface area (Å²) >= 11 is 12.3. The van der Waals surface area contributed by atoms with E-state index < -0.39 is 17.8 Å². The summed E-state index contributed by atoms with van der Waals surface area (Å²) in [6.07, 6.45) is 3.38. The average molecular weight is 490 g/mol. The molecule has 1 saturated heterocycles. The Balaban J connectivity index is 1.57. The lowest BCUT2D eigenvalue weighted by Gasteiger charge is -2.26. The van der Waals surface area contributed by atoms with Crippen molar-refractivity contribution in [3.05, 3.63) is 106 Å². The molecule has 0 unspecified atom stereocenters. The van der Waals surface area contributed by atoms with Crippen molar-refractivity contribution in [2.24, 2.45) is 0 Å². The second-order valence-corrected chi connectivity index (χ2v) is 8.60. The lowest BCUT2D eigenvalue weighted by atomic mass is 10.1. The second kappa shape index (κ2) is 8.82. The highest BCUT2D eigenvalue weighted by Gasteiger charge is 2.37. The van der Waals surface area contributed by atoms with Gasteiger partial charge in [0.15, 0.2) is 0 Å². The van der Waals surface area contributed by atoms with E-state index in [1.54, 1.807) is 24.3 Å². The number of urea groups is 1. The molecule has 8 heteroatoms. The largest absolute Gasteiger partial charge is 0.342 e. The monoisotopic (exact) mass is 489 g/mol. The Morgan fingerprint density at radius 2 is 1.56 bits per heavy atom. The Labute approximate surface area is 205 Å². The van der Waals surface area contributed by atoms with Crippen molar-refractivity contribution in [2.75, 3.05) is 4.90 Å². The summed E-state index contributed by atoms with van der Waals surface area (Å²) in [5.74, 6) is -1.46.